The van der Waals surface area contributed by atoms with E-state index in [0.717, 1.165) is 19.4 Å². The van der Waals surface area contributed by atoms with Crippen LogP contribution in [0.15, 0.2) is 0 Å². The number of amides is 2. The first-order valence-electron chi connectivity index (χ1n) is 4.46. The molecular weight excluding hydrogens is 208 g/mol. The normalized spacial score (nSPS) is 23.2. The van der Waals surface area contributed by atoms with Gasteiger partial charge in [0.1, 0.15) is 6.10 Å². The minimum atomic E-state index is -1.24. The lowest BCUT2D eigenvalue weighted by atomic mass is 10.1. The molecule has 1 rings (SSSR count). The molecule has 0 spiro atoms. The Morgan fingerprint density at radius 3 is 2.71 bits per heavy atom. The third-order valence-corrected chi connectivity index (χ3v) is 2.61. The molecule has 6 heteroatoms. The van der Waals surface area contributed by atoms with E-state index >= 15 is 0 Å². The number of hydrogen-bond acceptors (Lipinski definition) is 4. The van der Waals surface area contributed by atoms with Crippen molar-refractivity contribution in [3.05, 3.63) is 0 Å². The fourth-order valence-electron chi connectivity index (χ4n) is 1.42. The highest BCUT2D eigenvalue weighted by molar-refractivity contribution is 6.30. The van der Waals surface area contributed by atoms with Crippen molar-refractivity contribution in [2.24, 2.45) is 0 Å². The van der Waals surface area contributed by atoms with Gasteiger partial charge in [-0.2, -0.15) is 4.42 Å². The Labute approximate surface area is 87.1 Å². The third-order valence-electron chi connectivity index (χ3n) is 2.20. The molecule has 2 N–H and O–H groups in total. The number of carbonyl (C=O) groups is 2. The summed E-state index contributed by atoms with van der Waals surface area (Å²) in [5.41, 5.74) is 0. The second kappa shape index (κ2) is 4.72. The predicted molar refractivity (Wildman–Crippen MR) is 50.4 cm³/mol. The quantitative estimate of drug-likeness (QED) is 0.623. The van der Waals surface area contributed by atoms with Crippen LogP contribution in [0.4, 0.5) is 0 Å². The van der Waals surface area contributed by atoms with Crippen molar-refractivity contribution in [3.8, 4) is 0 Å². The van der Waals surface area contributed by atoms with Crippen LogP contribution < -0.4 is 5.32 Å². The summed E-state index contributed by atoms with van der Waals surface area (Å²) in [5.74, 6) is -1.35. The summed E-state index contributed by atoms with van der Waals surface area (Å²) < 4.78 is 0.421. The van der Waals surface area contributed by atoms with Gasteiger partial charge in [0, 0.05) is 24.7 Å². The second-order valence-electron chi connectivity index (χ2n) is 3.29. The number of nitrogens with zero attached hydrogens (tertiary/aromatic N) is 1. The maximum atomic E-state index is 11.4. The Balaban J connectivity index is 2.54. The van der Waals surface area contributed by atoms with Gasteiger partial charge in [-0.1, -0.05) is 0 Å². The largest absolute Gasteiger partial charge is 0.382 e. The molecule has 5 nitrogen and oxygen atoms in total. The minimum absolute atomic E-state index is 0.289. The van der Waals surface area contributed by atoms with E-state index in [9.17, 15) is 14.7 Å². The maximum Gasteiger partial charge on any atom is 0.274 e. The first-order valence-corrected chi connectivity index (χ1v) is 4.79. The smallest absolute Gasteiger partial charge is 0.274 e. The van der Waals surface area contributed by atoms with Gasteiger partial charge in [0.2, 0.25) is 5.91 Å². The molecule has 1 fully saturated rings. The highest BCUT2D eigenvalue weighted by Crippen LogP contribution is 2.12. The van der Waals surface area contributed by atoms with Crippen LogP contribution in [-0.4, -0.2) is 40.0 Å². The van der Waals surface area contributed by atoms with E-state index in [4.69, 9.17) is 11.8 Å². The van der Waals surface area contributed by atoms with Gasteiger partial charge < -0.3 is 10.4 Å². The number of rotatable bonds is 2. The molecule has 0 aromatic heterocycles. The maximum absolute atomic E-state index is 11.4. The average molecular weight is 221 g/mol. The van der Waals surface area contributed by atoms with Crippen LogP contribution in [0.25, 0.3) is 0 Å². The summed E-state index contributed by atoms with van der Waals surface area (Å²) in [5, 5.41) is 12.5. The summed E-state index contributed by atoms with van der Waals surface area (Å²) in [6.07, 6.45) is 0.395. The Kier molecular flexibility index (Phi) is 3.86. The van der Waals surface area contributed by atoms with E-state index in [-0.39, 0.29) is 6.04 Å². The van der Waals surface area contributed by atoms with Gasteiger partial charge in [0.15, 0.2) is 0 Å². The van der Waals surface area contributed by atoms with Gasteiger partial charge in [-0.3, -0.25) is 9.59 Å². The predicted octanol–water partition coefficient (Wildman–Crippen LogP) is -0.372. The van der Waals surface area contributed by atoms with Crippen LogP contribution in [0.5, 0.6) is 0 Å². The fourth-order valence-corrected chi connectivity index (χ4v) is 1.52. The van der Waals surface area contributed by atoms with Gasteiger partial charge >= 0.3 is 0 Å². The Morgan fingerprint density at radius 1 is 1.64 bits per heavy atom. The SMILES string of the molecule is CC(=O)N(Cl)C(=O)C(O)[C@@H]1CCCN1. The highest BCUT2D eigenvalue weighted by atomic mass is 35.5. The van der Waals surface area contributed by atoms with Gasteiger partial charge in [-0.15, -0.1) is 0 Å². The lowest BCUT2D eigenvalue weighted by Crippen LogP contribution is -2.46. The van der Waals surface area contributed by atoms with Crippen molar-refractivity contribution in [1.29, 1.82) is 0 Å². The van der Waals surface area contributed by atoms with Crippen LogP contribution in [0.1, 0.15) is 19.8 Å². The number of imide groups is 1. The van der Waals surface area contributed by atoms with E-state index in [2.05, 4.69) is 5.32 Å². The van der Waals surface area contributed by atoms with Crippen LogP contribution in [0, 0.1) is 0 Å². The first kappa shape index (κ1) is 11.4. The fraction of sp³-hybridized carbons (Fsp3) is 0.750. The molecule has 0 aromatic carbocycles. The van der Waals surface area contributed by atoms with Crippen molar-refractivity contribution >= 4 is 23.6 Å². The highest BCUT2D eigenvalue weighted by Gasteiger charge is 2.32. The molecule has 14 heavy (non-hydrogen) atoms. The molecule has 1 heterocycles. The molecule has 2 amide bonds. The van der Waals surface area contributed by atoms with Crippen molar-refractivity contribution in [2.75, 3.05) is 6.54 Å². The van der Waals surface area contributed by atoms with E-state index in [1.54, 1.807) is 0 Å². The van der Waals surface area contributed by atoms with E-state index in [1.165, 1.54) is 6.92 Å². The lowest BCUT2D eigenvalue weighted by Gasteiger charge is -2.19. The van der Waals surface area contributed by atoms with E-state index in [0.29, 0.717) is 4.42 Å². The molecular formula is C8H13ClN2O3. The molecule has 0 bridgehead atoms. The summed E-state index contributed by atoms with van der Waals surface area (Å²) in [6, 6.07) is -0.289. The average Bonchev–Trinajstić information content (AvgIpc) is 2.67. The molecule has 1 saturated heterocycles. The van der Waals surface area contributed by atoms with Gasteiger partial charge in [0.25, 0.3) is 5.91 Å². The van der Waals surface area contributed by atoms with E-state index < -0.39 is 17.9 Å². The van der Waals surface area contributed by atoms with Crippen LogP contribution in [-0.2, 0) is 9.59 Å². The lowest BCUT2D eigenvalue weighted by molar-refractivity contribution is -0.144. The number of nitrogens with one attached hydrogen (secondary N) is 1. The standard InChI is InChI=1S/C8H13ClN2O3/c1-5(12)11(9)8(14)7(13)6-3-2-4-10-6/h6-7,10,13H,2-4H2,1H3/t6-,7?/m0/s1. The van der Waals surface area contributed by atoms with Crippen molar-refractivity contribution in [1.82, 2.24) is 9.74 Å². The molecule has 0 radical (unpaired) electrons. The monoisotopic (exact) mass is 220 g/mol. The topological polar surface area (TPSA) is 69.6 Å². The van der Waals surface area contributed by atoms with Gasteiger partial charge in [0.05, 0.1) is 0 Å². The number of aliphatic hydroxyl groups is 1. The zero-order valence-electron chi connectivity index (χ0n) is 7.86. The first-order chi connectivity index (χ1) is 6.54. The molecule has 80 valence electrons. The van der Waals surface area contributed by atoms with Crippen LogP contribution in [0.3, 0.4) is 0 Å². The minimum Gasteiger partial charge on any atom is -0.382 e. The number of aliphatic hydroxyl groups excluding tert-OH is 1. The summed E-state index contributed by atoms with van der Waals surface area (Å²) >= 11 is 5.39. The summed E-state index contributed by atoms with van der Waals surface area (Å²) in [4.78, 5) is 22.1. The zero-order valence-corrected chi connectivity index (χ0v) is 8.62. The number of hydrogen-bond donors (Lipinski definition) is 2. The molecule has 0 aliphatic carbocycles. The van der Waals surface area contributed by atoms with Crippen molar-refractivity contribution in [3.63, 3.8) is 0 Å². The third kappa shape index (κ3) is 2.43. The molecule has 1 unspecified atom stereocenters. The summed E-state index contributed by atoms with van der Waals surface area (Å²) in [7, 11) is 0. The van der Waals surface area contributed by atoms with Gasteiger partial charge in [-0.25, -0.2) is 0 Å². The Hall–Kier alpha value is -0.650. The second-order valence-corrected chi connectivity index (χ2v) is 3.62. The zero-order chi connectivity index (χ0) is 10.7. The van der Waals surface area contributed by atoms with Crippen LogP contribution >= 0.6 is 11.8 Å². The van der Waals surface area contributed by atoms with E-state index in [1.807, 2.05) is 0 Å². The van der Waals surface area contributed by atoms with Crippen molar-refractivity contribution in [2.45, 2.75) is 31.9 Å². The van der Waals surface area contributed by atoms with Crippen LogP contribution in [0.2, 0.25) is 0 Å². The van der Waals surface area contributed by atoms with Gasteiger partial charge in [-0.05, 0) is 19.4 Å². The van der Waals surface area contributed by atoms with Crippen molar-refractivity contribution < 1.29 is 14.7 Å². The number of carbonyl (C=O) groups excluding carboxylic acids is 2. The Bertz CT molecular complexity index is 241. The Morgan fingerprint density at radius 2 is 2.29 bits per heavy atom. The molecule has 0 aromatic rings. The molecule has 2 atom stereocenters. The molecule has 0 saturated carbocycles. The molecule has 1 aliphatic heterocycles. The summed E-state index contributed by atoms with van der Waals surface area (Å²) in [6.45, 7) is 1.94. The number of halogens is 1. The molecule has 1 aliphatic rings.